The molecule has 4 aliphatic rings. The Morgan fingerprint density at radius 2 is 1.19 bits per heavy atom. The molecule has 0 spiro atoms. The lowest BCUT2D eigenvalue weighted by atomic mass is 9.19. The van der Waals surface area contributed by atoms with Crippen LogP contribution < -0.4 is 0 Å². The number of hydrogen-bond donors (Lipinski definition) is 0. The topological polar surface area (TPSA) is 0 Å². The quantitative estimate of drug-likeness (QED) is 0.544. The third-order valence-corrected chi connectivity index (χ3v) is 7.71. The van der Waals surface area contributed by atoms with Gasteiger partial charge in [-0.15, -0.1) is 0 Å². The number of fused-ring (bicyclic) bond motifs is 7. The molecule has 3 radical (unpaired) electrons. The van der Waals surface area contributed by atoms with Crippen LogP contribution in [0.4, 0.5) is 0 Å². The lowest BCUT2D eigenvalue weighted by molar-refractivity contribution is -0.389. The van der Waals surface area contributed by atoms with Gasteiger partial charge in [0.1, 0.15) is 0 Å². The predicted molar refractivity (Wildman–Crippen MR) is 68.0 cm³/mol. The van der Waals surface area contributed by atoms with Crippen molar-refractivity contribution in [2.75, 3.05) is 0 Å². The largest absolute Gasteiger partial charge is 0.0620 e. The Balaban J connectivity index is 0.000000810. The summed E-state index contributed by atoms with van der Waals surface area (Å²) < 4.78 is 0. The zero-order valence-electron chi connectivity index (χ0n) is 11.3. The van der Waals surface area contributed by atoms with E-state index in [2.05, 4.69) is 34.6 Å². The van der Waals surface area contributed by atoms with Crippen LogP contribution in [-0.2, 0) is 0 Å². The molecule has 4 rings (SSSR count). The third-order valence-electron chi connectivity index (χ3n) is 7.71. The fourth-order valence-corrected chi connectivity index (χ4v) is 6.50. The fraction of sp³-hybridized carbons (Fsp3) is 1.00. The summed E-state index contributed by atoms with van der Waals surface area (Å²) in [5.41, 5.74) is 0.676. The van der Waals surface area contributed by atoms with Gasteiger partial charge in [-0.05, 0) is 58.7 Å². The minimum Gasteiger partial charge on any atom is -0.0620 e. The summed E-state index contributed by atoms with van der Waals surface area (Å²) in [7, 11) is 0. The molecule has 0 bridgehead atoms. The Hall–Kier alpha value is 0.0649. The highest BCUT2D eigenvalue weighted by Crippen LogP contribution is 2.84. The Kier molecular flexibility index (Phi) is 1.90. The number of rotatable bonds is 0. The first-order chi connectivity index (χ1) is 6.98. The monoisotopic (exact) mass is 215 g/mol. The van der Waals surface area contributed by atoms with E-state index in [1.807, 2.05) is 0 Å². The molecule has 87 valence electrons. The van der Waals surface area contributed by atoms with Crippen molar-refractivity contribution in [1.82, 2.24) is 0 Å². The molecular weight excluding hydrogens is 191 g/mol. The average molecular weight is 215 g/mol. The second-order valence-corrected chi connectivity index (χ2v) is 7.74. The van der Waals surface area contributed by atoms with Crippen LogP contribution in [0.2, 0.25) is 0 Å². The Morgan fingerprint density at radius 3 is 1.75 bits per heavy atom. The summed E-state index contributed by atoms with van der Waals surface area (Å²) in [5, 5.41) is 0. The van der Waals surface area contributed by atoms with E-state index in [1.54, 1.807) is 0 Å². The van der Waals surface area contributed by atoms with Crippen molar-refractivity contribution in [1.29, 1.82) is 0 Å². The maximum absolute atomic E-state index is 2.52. The zero-order chi connectivity index (χ0) is 10.7. The highest BCUT2D eigenvalue weighted by molar-refractivity contribution is 5.75. The van der Waals surface area contributed by atoms with E-state index in [-0.39, 0.29) is 8.41 Å². The lowest BCUT2D eigenvalue weighted by Crippen LogP contribution is -2.82. The van der Waals surface area contributed by atoms with Gasteiger partial charge in [0.25, 0.3) is 0 Å². The molecule has 0 unspecified atom stereocenters. The molecule has 0 aromatic carbocycles. The zero-order valence-corrected chi connectivity index (χ0v) is 11.3. The summed E-state index contributed by atoms with van der Waals surface area (Å²) in [6, 6.07) is 0. The van der Waals surface area contributed by atoms with Crippen molar-refractivity contribution < 1.29 is 0 Å². The first kappa shape index (κ1) is 11.2. The summed E-state index contributed by atoms with van der Waals surface area (Å²) in [6.07, 6.45) is 0. The molecular formula is C15H24B. The third kappa shape index (κ3) is 0.764. The van der Waals surface area contributed by atoms with Crippen molar-refractivity contribution in [2.45, 2.75) is 34.6 Å². The lowest BCUT2D eigenvalue weighted by Gasteiger charge is -2.86. The summed E-state index contributed by atoms with van der Waals surface area (Å²) in [6.45, 7) is 12.6. The van der Waals surface area contributed by atoms with E-state index in [0.29, 0.717) is 5.41 Å². The van der Waals surface area contributed by atoms with Crippen molar-refractivity contribution in [2.24, 2.45) is 58.7 Å². The van der Waals surface area contributed by atoms with Crippen LogP contribution in [0, 0.1) is 58.7 Å². The van der Waals surface area contributed by atoms with Gasteiger partial charge >= 0.3 is 0 Å². The summed E-state index contributed by atoms with van der Waals surface area (Å²) in [5.74, 6) is 10.0. The second-order valence-electron chi connectivity index (χ2n) is 7.74. The van der Waals surface area contributed by atoms with Gasteiger partial charge in [-0.2, -0.15) is 0 Å². The molecule has 0 N–H and O–H groups in total. The van der Waals surface area contributed by atoms with Gasteiger partial charge in [0.2, 0.25) is 0 Å². The van der Waals surface area contributed by atoms with Crippen LogP contribution >= 0.6 is 0 Å². The molecule has 0 saturated heterocycles. The standard InChI is InChI=1S/C15H24.B/c1-6-7(2)10-9(6)12-11-8(3)15(4,5)14(11)13(10)12;/h6-14H,1-5H3;/t6-,7+,8-,9-,10+,11-,12+,13+,14-;/m0./s1. The van der Waals surface area contributed by atoms with Gasteiger partial charge < -0.3 is 0 Å². The van der Waals surface area contributed by atoms with Crippen LogP contribution in [0.15, 0.2) is 0 Å². The Labute approximate surface area is 102 Å². The van der Waals surface area contributed by atoms with Crippen molar-refractivity contribution in [3.05, 3.63) is 0 Å². The van der Waals surface area contributed by atoms with E-state index in [9.17, 15) is 0 Å². The maximum Gasteiger partial charge on any atom is 0 e. The molecule has 0 nitrogen and oxygen atoms in total. The molecule has 0 aromatic heterocycles. The molecule has 4 fully saturated rings. The molecule has 0 heterocycles. The smallest absolute Gasteiger partial charge is 0 e. The van der Waals surface area contributed by atoms with Crippen LogP contribution in [0.5, 0.6) is 0 Å². The average Bonchev–Trinajstić information content (AvgIpc) is 2.17. The normalized spacial score (nSPS) is 67.7. The van der Waals surface area contributed by atoms with Gasteiger partial charge in [0.15, 0.2) is 0 Å². The molecule has 9 atom stereocenters. The maximum atomic E-state index is 2.52. The molecule has 0 aromatic rings. The van der Waals surface area contributed by atoms with Gasteiger partial charge in [-0.3, -0.25) is 0 Å². The van der Waals surface area contributed by atoms with Gasteiger partial charge in [-0.25, -0.2) is 0 Å². The predicted octanol–water partition coefficient (Wildman–Crippen LogP) is 3.29. The van der Waals surface area contributed by atoms with E-state index in [1.165, 1.54) is 5.92 Å². The Bertz CT molecular complexity index is 334. The van der Waals surface area contributed by atoms with Crippen molar-refractivity contribution >= 4 is 8.41 Å². The molecule has 0 amide bonds. The first-order valence-electron chi connectivity index (χ1n) is 6.98. The molecule has 4 aliphatic carbocycles. The highest BCUT2D eigenvalue weighted by atomic mass is 14.8. The van der Waals surface area contributed by atoms with E-state index in [0.717, 1.165) is 47.3 Å². The minimum absolute atomic E-state index is 0. The van der Waals surface area contributed by atoms with Gasteiger partial charge in [0, 0.05) is 8.41 Å². The summed E-state index contributed by atoms with van der Waals surface area (Å²) in [4.78, 5) is 0. The van der Waals surface area contributed by atoms with Crippen LogP contribution in [0.25, 0.3) is 0 Å². The van der Waals surface area contributed by atoms with Crippen LogP contribution in [-0.4, -0.2) is 8.41 Å². The molecule has 0 aliphatic heterocycles. The Morgan fingerprint density at radius 1 is 0.688 bits per heavy atom. The van der Waals surface area contributed by atoms with Crippen molar-refractivity contribution in [3.8, 4) is 0 Å². The minimum atomic E-state index is 0. The van der Waals surface area contributed by atoms with E-state index in [4.69, 9.17) is 0 Å². The van der Waals surface area contributed by atoms with Crippen LogP contribution in [0.1, 0.15) is 34.6 Å². The van der Waals surface area contributed by atoms with Gasteiger partial charge in [0.05, 0.1) is 0 Å². The molecule has 16 heavy (non-hydrogen) atoms. The second kappa shape index (κ2) is 2.73. The van der Waals surface area contributed by atoms with E-state index >= 15 is 0 Å². The first-order valence-corrected chi connectivity index (χ1v) is 6.98. The van der Waals surface area contributed by atoms with Crippen molar-refractivity contribution in [3.63, 3.8) is 0 Å². The summed E-state index contributed by atoms with van der Waals surface area (Å²) >= 11 is 0. The highest BCUT2D eigenvalue weighted by Gasteiger charge is 2.80. The fourth-order valence-electron chi connectivity index (χ4n) is 6.50. The number of hydrogen-bond acceptors (Lipinski definition) is 0. The SMILES string of the molecule is C[C@@H]1[C@H](C)[C@H]2[C@@H]1[C@@H]1[C@H]2[C@H]2[C@@H]1C(C)(C)[C@H]2C.[B]. The van der Waals surface area contributed by atoms with Gasteiger partial charge in [-0.1, -0.05) is 34.6 Å². The van der Waals surface area contributed by atoms with Crippen LogP contribution in [0.3, 0.4) is 0 Å². The molecule has 1 heteroatoms. The molecule has 4 saturated carbocycles. The van der Waals surface area contributed by atoms with E-state index < -0.39 is 0 Å².